The van der Waals surface area contributed by atoms with Crippen molar-refractivity contribution < 1.29 is 17.9 Å². The zero-order chi connectivity index (χ0) is 21.3. The van der Waals surface area contributed by atoms with Gasteiger partial charge in [-0.2, -0.15) is 0 Å². The molecule has 30 heavy (non-hydrogen) atoms. The first-order valence-electron chi connectivity index (χ1n) is 9.49. The maximum atomic E-state index is 13.4. The predicted molar refractivity (Wildman–Crippen MR) is 117 cm³/mol. The highest BCUT2D eigenvalue weighted by Gasteiger charge is 2.30. The minimum atomic E-state index is -3.76. The molecule has 3 aromatic rings. The summed E-state index contributed by atoms with van der Waals surface area (Å²) in [5, 5.41) is 0. The monoisotopic (exact) mass is 419 g/mol. The molecule has 152 valence electrons. The first kappa shape index (κ1) is 19.9. The summed E-state index contributed by atoms with van der Waals surface area (Å²) in [4.78, 5) is 12.3. The van der Waals surface area contributed by atoms with Crippen molar-refractivity contribution in [2.45, 2.75) is 11.8 Å². The second-order valence-electron chi connectivity index (χ2n) is 7.06. The first-order chi connectivity index (χ1) is 14.4. The van der Waals surface area contributed by atoms with Gasteiger partial charge >= 0.3 is 5.97 Å². The lowest BCUT2D eigenvalue weighted by molar-refractivity contribution is 0.0600. The second-order valence-corrected chi connectivity index (χ2v) is 8.92. The van der Waals surface area contributed by atoms with Crippen molar-refractivity contribution in [2.75, 3.05) is 18.0 Å². The molecular formula is C24H21NO4S. The molecule has 0 unspecified atom stereocenters. The van der Waals surface area contributed by atoms with Gasteiger partial charge in [-0.15, -0.1) is 0 Å². The maximum absolute atomic E-state index is 13.4. The van der Waals surface area contributed by atoms with Crippen molar-refractivity contribution in [1.29, 1.82) is 0 Å². The van der Waals surface area contributed by atoms with Crippen LogP contribution < -0.4 is 4.31 Å². The van der Waals surface area contributed by atoms with Gasteiger partial charge in [-0.1, -0.05) is 54.1 Å². The Balaban J connectivity index is 1.87. The van der Waals surface area contributed by atoms with Crippen LogP contribution in [0.15, 0.2) is 83.8 Å². The number of hydrogen-bond donors (Lipinski definition) is 0. The third-order valence-corrected chi connectivity index (χ3v) is 6.93. The molecule has 0 aromatic heterocycles. The van der Waals surface area contributed by atoms with E-state index in [1.807, 2.05) is 43.3 Å². The Labute approximate surface area is 176 Å². The minimum Gasteiger partial charge on any atom is -0.465 e. The summed E-state index contributed by atoms with van der Waals surface area (Å²) in [5.74, 6) is -0.469. The van der Waals surface area contributed by atoms with E-state index in [1.54, 1.807) is 42.5 Å². The molecule has 0 atom stereocenters. The average molecular weight is 420 g/mol. The van der Waals surface area contributed by atoms with Crippen molar-refractivity contribution >= 4 is 27.3 Å². The van der Waals surface area contributed by atoms with Crippen LogP contribution in [0.1, 0.15) is 27.0 Å². The lowest BCUT2D eigenvalue weighted by Crippen LogP contribution is -2.34. The van der Waals surface area contributed by atoms with Gasteiger partial charge in [-0.25, -0.2) is 13.2 Å². The van der Waals surface area contributed by atoms with Gasteiger partial charge in [0.15, 0.2) is 0 Å². The topological polar surface area (TPSA) is 63.7 Å². The van der Waals surface area contributed by atoms with Crippen molar-refractivity contribution in [1.82, 2.24) is 0 Å². The van der Waals surface area contributed by atoms with Crippen LogP contribution in [-0.4, -0.2) is 28.0 Å². The maximum Gasteiger partial charge on any atom is 0.337 e. The molecule has 4 rings (SSSR count). The highest BCUT2D eigenvalue weighted by atomic mass is 32.2. The molecule has 3 aromatic carbocycles. The number of esters is 1. The van der Waals surface area contributed by atoms with Crippen LogP contribution in [0.5, 0.6) is 0 Å². The Bertz CT molecular complexity index is 1230. The van der Waals surface area contributed by atoms with Gasteiger partial charge < -0.3 is 4.74 Å². The number of sulfonamides is 1. The molecule has 1 heterocycles. The number of fused-ring (bicyclic) bond motifs is 1. The first-order valence-corrected chi connectivity index (χ1v) is 10.9. The van der Waals surface area contributed by atoms with Gasteiger partial charge in [0.05, 0.1) is 29.8 Å². The van der Waals surface area contributed by atoms with E-state index in [4.69, 9.17) is 4.74 Å². The molecule has 0 spiro atoms. The third-order valence-electron chi connectivity index (χ3n) is 5.13. The summed E-state index contributed by atoms with van der Waals surface area (Å²) in [6, 6.07) is 21.4. The minimum absolute atomic E-state index is 0.199. The SMILES string of the molecule is COC(=O)c1ccc2c(c1)C(c1ccccc1)=CCN2S(=O)(=O)c1ccc(C)cc1. The lowest BCUT2D eigenvalue weighted by Gasteiger charge is -2.30. The van der Waals surface area contributed by atoms with E-state index >= 15 is 0 Å². The summed E-state index contributed by atoms with van der Waals surface area (Å²) in [6.45, 7) is 2.11. The molecule has 5 nitrogen and oxygen atoms in total. The highest BCUT2D eigenvalue weighted by Crippen LogP contribution is 2.38. The van der Waals surface area contributed by atoms with E-state index in [9.17, 15) is 13.2 Å². The Morgan fingerprint density at radius 1 is 0.967 bits per heavy atom. The van der Waals surface area contributed by atoms with Crippen molar-refractivity contribution in [3.63, 3.8) is 0 Å². The molecule has 1 aliphatic heterocycles. The fourth-order valence-electron chi connectivity index (χ4n) is 3.55. The Morgan fingerprint density at radius 2 is 1.67 bits per heavy atom. The predicted octanol–water partition coefficient (Wildman–Crippen LogP) is 4.42. The van der Waals surface area contributed by atoms with E-state index < -0.39 is 16.0 Å². The third kappa shape index (κ3) is 3.50. The largest absolute Gasteiger partial charge is 0.465 e. The van der Waals surface area contributed by atoms with E-state index in [-0.39, 0.29) is 11.4 Å². The van der Waals surface area contributed by atoms with Crippen LogP contribution in [0.25, 0.3) is 5.57 Å². The van der Waals surface area contributed by atoms with Crippen molar-refractivity contribution in [2.24, 2.45) is 0 Å². The zero-order valence-corrected chi connectivity index (χ0v) is 17.5. The number of carbonyl (C=O) groups is 1. The summed E-state index contributed by atoms with van der Waals surface area (Å²) >= 11 is 0. The van der Waals surface area contributed by atoms with Crippen molar-refractivity contribution in [3.05, 3.63) is 101 Å². The molecule has 1 aliphatic rings. The fraction of sp³-hybridized carbons (Fsp3) is 0.125. The summed E-state index contributed by atoms with van der Waals surface area (Å²) in [6.07, 6.45) is 1.88. The number of hydrogen-bond acceptors (Lipinski definition) is 4. The Morgan fingerprint density at radius 3 is 2.33 bits per heavy atom. The quantitative estimate of drug-likeness (QED) is 0.587. The summed E-state index contributed by atoms with van der Waals surface area (Å²) in [5.41, 5.74) is 4.39. The van der Waals surface area contributed by atoms with Crippen LogP contribution in [0.2, 0.25) is 0 Å². The van der Waals surface area contributed by atoms with Crippen LogP contribution in [0.3, 0.4) is 0 Å². The number of benzene rings is 3. The smallest absolute Gasteiger partial charge is 0.337 e. The number of carbonyl (C=O) groups excluding carboxylic acids is 1. The number of anilines is 1. The summed E-state index contributed by atoms with van der Waals surface area (Å²) < 4.78 is 33.0. The standard InChI is InChI=1S/C24H21NO4S/c1-17-8-11-20(12-9-17)30(27,28)25-15-14-21(18-6-4-3-5-7-18)22-16-19(24(26)29-2)10-13-23(22)25/h3-14,16H,15H2,1-2H3. The van der Waals surface area contributed by atoms with Gasteiger partial charge in [0.2, 0.25) is 0 Å². The molecule has 0 radical (unpaired) electrons. The number of methoxy groups -OCH3 is 1. The summed E-state index contributed by atoms with van der Waals surface area (Å²) in [7, 11) is -2.44. The fourth-order valence-corrected chi connectivity index (χ4v) is 4.98. The van der Waals surface area contributed by atoms with Gasteiger partial charge in [-0.3, -0.25) is 4.31 Å². The highest BCUT2D eigenvalue weighted by molar-refractivity contribution is 7.92. The Hall–Kier alpha value is -3.38. The van der Waals surface area contributed by atoms with Crippen LogP contribution >= 0.6 is 0 Å². The van der Waals surface area contributed by atoms with E-state index in [1.165, 1.54) is 11.4 Å². The lowest BCUT2D eigenvalue weighted by atomic mass is 9.92. The van der Waals surface area contributed by atoms with Crippen LogP contribution in [-0.2, 0) is 14.8 Å². The number of rotatable bonds is 4. The molecule has 0 N–H and O–H groups in total. The molecule has 0 fully saturated rings. The van der Waals surface area contributed by atoms with E-state index in [0.717, 1.165) is 16.7 Å². The van der Waals surface area contributed by atoms with Gasteiger partial charge in [0, 0.05) is 5.56 Å². The number of aryl methyl sites for hydroxylation is 1. The molecule has 0 amide bonds. The van der Waals surface area contributed by atoms with Crippen LogP contribution in [0.4, 0.5) is 5.69 Å². The average Bonchev–Trinajstić information content (AvgIpc) is 2.78. The molecule has 0 aliphatic carbocycles. The van der Waals surface area contributed by atoms with Crippen LogP contribution in [0, 0.1) is 6.92 Å². The van der Waals surface area contributed by atoms with Gasteiger partial charge in [0.1, 0.15) is 0 Å². The number of ether oxygens (including phenoxy) is 1. The second kappa shape index (κ2) is 7.80. The van der Waals surface area contributed by atoms with Gasteiger partial charge in [0.25, 0.3) is 10.0 Å². The molecule has 0 saturated carbocycles. The zero-order valence-electron chi connectivity index (χ0n) is 16.7. The van der Waals surface area contributed by atoms with E-state index in [2.05, 4.69) is 0 Å². The molecule has 0 bridgehead atoms. The number of nitrogens with zero attached hydrogens (tertiary/aromatic N) is 1. The Kier molecular flexibility index (Phi) is 5.18. The normalized spacial score (nSPS) is 13.4. The van der Waals surface area contributed by atoms with Gasteiger partial charge in [-0.05, 0) is 48.4 Å². The van der Waals surface area contributed by atoms with E-state index in [0.29, 0.717) is 16.8 Å². The molecular weight excluding hydrogens is 398 g/mol. The molecule has 6 heteroatoms. The van der Waals surface area contributed by atoms with Crippen molar-refractivity contribution in [3.8, 4) is 0 Å². The molecule has 0 saturated heterocycles.